The lowest BCUT2D eigenvalue weighted by Crippen LogP contribution is -2.30. The van der Waals surface area contributed by atoms with Crippen LogP contribution >= 0.6 is 24.0 Å². The summed E-state index contributed by atoms with van der Waals surface area (Å²) in [6.45, 7) is 4.75. The van der Waals surface area contributed by atoms with E-state index in [1.165, 1.54) is 22.2 Å². The van der Waals surface area contributed by atoms with Gasteiger partial charge in [-0.25, -0.2) is 0 Å². The zero-order chi connectivity index (χ0) is 17.5. The van der Waals surface area contributed by atoms with Crippen molar-refractivity contribution in [2.75, 3.05) is 13.2 Å². The van der Waals surface area contributed by atoms with Crippen molar-refractivity contribution in [3.05, 3.63) is 40.3 Å². The van der Waals surface area contributed by atoms with Crippen molar-refractivity contribution in [2.45, 2.75) is 33.1 Å². The Hall–Kier alpha value is -1.66. The van der Waals surface area contributed by atoms with E-state index in [0.717, 1.165) is 18.4 Å². The molecule has 2 rings (SSSR count). The Labute approximate surface area is 152 Å². The van der Waals surface area contributed by atoms with Crippen molar-refractivity contribution in [2.24, 2.45) is 0 Å². The first-order chi connectivity index (χ1) is 11.5. The second kappa shape index (κ2) is 8.99. The van der Waals surface area contributed by atoms with Crippen LogP contribution in [0.15, 0.2) is 29.2 Å². The molecule has 1 aromatic rings. The molecule has 0 spiro atoms. The summed E-state index contributed by atoms with van der Waals surface area (Å²) in [5.74, 6) is -0.438. The molecule has 6 heteroatoms. The number of ether oxygens (including phenoxy) is 1. The van der Waals surface area contributed by atoms with Gasteiger partial charge in [-0.2, -0.15) is 0 Å². The van der Waals surface area contributed by atoms with Crippen LogP contribution in [0, 0.1) is 6.92 Å². The number of esters is 1. The van der Waals surface area contributed by atoms with Crippen molar-refractivity contribution in [1.82, 2.24) is 4.90 Å². The molecule has 24 heavy (non-hydrogen) atoms. The topological polar surface area (TPSA) is 46.6 Å². The van der Waals surface area contributed by atoms with Gasteiger partial charge in [-0.1, -0.05) is 67.2 Å². The minimum Gasteiger partial charge on any atom is -0.466 e. The summed E-state index contributed by atoms with van der Waals surface area (Å²) >= 11 is 6.54. The van der Waals surface area contributed by atoms with Gasteiger partial charge in [0.05, 0.1) is 17.9 Å². The molecule has 1 fully saturated rings. The van der Waals surface area contributed by atoms with Gasteiger partial charge in [-0.15, -0.1) is 0 Å². The van der Waals surface area contributed by atoms with Gasteiger partial charge in [0.2, 0.25) is 0 Å². The number of hydrogen-bond acceptors (Lipinski definition) is 5. The van der Waals surface area contributed by atoms with E-state index in [4.69, 9.17) is 17.0 Å². The van der Waals surface area contributed by atoms with Crippen LogP contribution in [-0.2, 0) is 14.3 Å². The Bertz CT molecular complexity index is 653. The molecule has 0 aliphatic carbocycles. The van der Waals surface area contributed by atoms with Crippen LogP contribution in [0.4, 0.5) is 0 Å². The van der Waals surface area contributed by atoms with E-state index in [1.54, 1.807) is 0 Å². The van der Waals surface area contributed by atoms with Gasteiger partial charge in [0.25, 0.3) is 5.91 Å². The summed E-state index contributed by atoms with van der Waals surface area (Å²) in [6.07, 6.45) is 3.82. The SMILES string of the molecule is CCCCOC(=O)CCN1C(=O)C(=Cc2ccc(C)cc2)SC1=S. The van der Waals surface area contributed by atoms with E-state index in [2.05, 4.69) is 0 Å². The molecule has 1 aliphatic rings. The number of carbonyl (C=O) groups is 2. The number of thiocarbonyl (C=S) groups is 1. The summed E-state index contributed by atoms with van der Waals surface area (Å²) in [6, 6.07) is 7.93. The highest BCUT2D eigenvalue weighted by Crippen LogP contribution is 2.32. The van der Waals surface area contributed by atoms with Crippen LogP contribution < -0.4 is 0 Å². The summed E-state index contributed by atoms with van der Waals surface area (Å²) in [7, 11) is 0. The molecule has 0 radical (unpaired) electrons. The van der Waals surface area contributed by atoms with E-state index in [1.807, 2.05) is 44.2 Å². The highest BCUT2D eigenvalue weighted by atomic mass is 32.2. The lowest BCUT2D eigenvalue weighted by molar-refractivity contribution is -0.144. The summed E-state index contributed by atoms with van der Waals surface area (Å²) in [4.78, 5) is 26.2. The second-order valence-corrected chi connectivity index (χ2v) is 7.24. The van der Waals surface area contributed by atoms with Gasteiger partial charge < -0.3 is 4.74 Å². The molecule has 1 aromatic carbocycles. The van der Waals surface area contributed by atoms with Crippen LogP contribution in [0.3, 0.4) is 0 Å². The molecule has 1 saturated heterocycles. The van der Waals surface area contributed by atoms with E-state index >= 15 is 0 Å². The number of benzene rings is 1. The van der Waals surface area contributed by atoms with E-state index in [0.29, 0.717) is 15.8 Å². The average molecular weight is 364 g/mol. The molecule has 1 aliphatic heterocycles. The highest BCUT2D eigenvalue weighted by Gasteiger charge is 2.32. The molecule has 0 unspecified atom stereocenters. The van der Waals surface area contributed by atoms with Crippen LogP contribution in [0.5, 0.6) is 0 Å². The van der Waals surface area contributed by atoms with Crippen molar-refractivity contribution in [1.29, 1.82) is 0 Å². The van der Waals surface area contributed by atoms with Crippen LogP contribution in [0.2, 0.25) is 0 Å². The molecule has 128 valence electrons. The minimum absolute atomic E-state index is 0.146. The van der Waals surface area contributed by atoms with E-state index < -0.39 is 0 Å². The Balaban J connectivity index is 1.93. The maximum Gasteiger partial charge on any atom is 0.307 e. The first-order valence-corrected chi connectivity index (χ1v) is 9.21. The number of aryl methyl sites for hydroxylation is 1. The normalized spacial score (nSPS) is 16.1. The van der Waals surface area contributed by atoms with Gasteiger partial charge >= 0.3 is 5.97 Å². The number of hydrogen-bond donors (Lipinski definition) is 0. The first-order valence-electron chi connectivity index (χ1n) is 7.99. The number of nitrogens with zero attached hydrogens (tertiary/aromatic N) is 1. The first kappa shape index (κ1) is 18.7. The molecule has 0 atom stereocenters. The fourth-order valence-corrected chi connectivity index (χ4v) is 3.42. The molecule has 1 heterocycles. The van der Waals surface area contributed by atoms with Gasteiger partial charge in [0, 0.05) is 6.54 Å². The van der Waals surface area contributed by atoms with Crippen molar-refractivity contribution in [3.8, 4) is 0 Å². The number of rotatable bonds is 7. The van der Waals surface area contributed by atoms with Gasteiger partial charge in [0.1, 0.15) is 4.32 Å². The standard InChI is InChI=1S/C18H21NO3S2/c1-3-4-11-22-16(20)9-10-19-17(21)15(24-18(19)23)12-14-7-5-13(2)6-8-14/h5-8,12H,3-4,9-11H2,1-2H3. The Kier molecular flexibility index (Phi) is 6.99. The Morgan fingerprint density at radius 3 is 2.71 bits per heavy atom. The highest BCUT2D eigenvalue weighted by molar-refractivity contribution is 8.26. The smallest absolute Gasteiger partial charge is 0.307 e. The molecule has 4 nitrogen and oxygen atoms in total. The van der Waals surface area contributed by atoms with Gasteiger partial charge in [0.15, 0.2) is 0 Å². The quantitative estimate of drug-likeness (QED) is 0.318. The number of carbonyl (C=O) groups excluding carboxylic acids is 2. The van der Waals surface area contributed by atoms with Crippen LogP contribution in [-0.4, -0.2) is 34.2 Å². The van der Waals surface area contributed by atoms with Crippen LogP contribution in [0.25, 0.3) is 6.08 Å². The molecule has 1 amide bonds. The third-order valence-corrected chi connectivity index (χ3v) is 4.93. The fourth-order valence-electron chi connectivity index (χ4n) is 2.11. The molecule has 0 N–H and O–H groups in total. The Morgan fingerprint density at radius 2 is 2.04 bits per heavy atom. The lowest BCUT2D eigenvalue weighted by Gasteiger charge is -2.13. The molecular formula is C18H21NO3S2. The number of thioether (sulfide) groups is 1. The third-order valence-electron chi connectivity index (χ3n) is 3.55. The van der Waals surface area contributed by atoms with Crippen molar-refractivity contribution >= 4 is 46.3 Å². The monoisotopic (exact) mass is 363 g/mol. The fraction of sp³-hybridized carbons (Fsp3) is 0.389. The Morgan fingerprint density at radius 1 is 1.33 bits per heavy atom. The lowest BCUT2D eigenvalue weighted by atomic mass is 10.1. The van der Waals surface area contributed by atoms with Gasteiger partial charge in [-0.05, 0) is 25.0 Å². The zero-order valence-corrected chi connectivity index (χ0v) is 15.5. The molecule has 0 bridgehead atoms. The zero-order valence-electron chi connectivity index (χ0n) is 13.9. The number of unbranched alkanes of at least 4 members (excludes halogenated alkanes) is 1. The van der Waals surface area contributed by atoms with E-state index in [-0.39, 0.29) is 24.8 Å². The number of amides is 1. The maximum atomic E-state index is 12.5. The summed E-state index contributed by atoms with van der Waals surface area (Å²) < 4.78 is 5.59. The summed E-state index contributed by atoms with van der Waals surface area (Å²) in [5.41, 5.74) is 2.13. The molecule has 0 aromatic heterocycles. The third kappa shape index (κ3) is 5.18. The predicted octanol–water partition coefficient (Wildman–Crippen LogP) is 3.93. The summed E-state index contributed by atoms with van der Waals surface area (Å²) in [5, 5.41) is 0. The average Bonchev–Trinajstić information content (AvgIpc) is 2.82. The van der Waals surface area contributed by atoms with Crippen molar-refractivity contribution in [3.63, 3.8) is 0 Å². The second-order valence-electron chi connectivity index (χ2n) is 5.57. The molecular weight excluding hydrogens is 342 g/mol. The van der Waals surface area contributed by atoms with Gasteiger partial charge in [-0.3, -0.25) is 14.5 Å². The maximum absolute atomic E-state index is 12.5. The predicted molar refractivity (Wildman–Crippen MR) is 102 cm³/mol. The minimum atomic E-state index is -0.292. The molecule has 0 saturated carbocycles. The van der Waals surface area contributed by atoms with Crippen molar-refractivity contribution < 1.29 is 14.3 Å². The largest absolute Gasteiger partial charge is 0.466 e. The van der Waals surface area contributed by atoms with Crippen LogP contribution in [0.1, 0.15) is 37.3 Å². The van der Waals surface area contributed by atoms with E-state index in [9.17, 15) is 9.59 Å².